The number of piperazine rings is 1. The zero-order valence-electron chi connectivity index (χ0n) is 10.3. The maximum Gasteiger partial charge on any atom is 0.325 e. The van der Waals surface area contributed by atoms with E-state index in [1.807, 2.05) is 13.8 Å². The highest BCUT2D eigenvalue weighted by Gasteiger charge is 2.59. The predicted octanol–water partition coefficient (Wildman–Crippen LogP) is -0.519. The summed E-state index contributed by atoms with van der Waals surface area (Å²) in [4.78, 5) is 38.6. The number of nitrogens with zero attached hydrogens (tertiary/aromatic N) is 2. The highest BCUT2D eigenvalue weighted by Crippen LogP contribution is 2.38. The Morgan fingerprint density at radius 1 is 1.44 bits per heavy atom. The van der Waals surface area contributed by atoms with E-state index in [1.54, 1.807) is 9.80 Å². The predicted molar refractivity (Wildman–Crippen MR) is 61.7 cm³/mol. The van der Waals surface area contributed by atoms with Crippen LogP contribution in [-0.2, 0) is 4.79 Å². The van der Waals surface area contributed by atoms with E-state index in [0.29, 0.717) is 13.0 Å². The Labute approximate surface area is 104 Å². The molecular weight excluding hydrogens is 236 g/mol. The van der Waals surface area contributed by atoms with Crippen LogP contribution in [0, 0.1) is 0 Å². The molecule has 2 N–H and O–H groups in total. The molecule has 3 aliphatic heterocycles. The van der Waals surface area contributed by atoms with Crippen molar-refractivity contribution in [3.05, 3.63) is 0 Å². The summed E-state index contributed by atoms with van der Waals surface area (Å²) in [5, 5.41) is 5.14. The van der Waals surface area contributed by atoms with Gasteiger partial charge in [0, 0.05) is 12.6 Å². The molecule has 0 spiro atoms. The van der Waals surface area contributed by atoms with E-state index >= 15 is 0 Å². The number of urea groups is 2. The van der Waals surface area contributed by atoms with E-state index in [1.165, 1.54) is 0 Å². The SMILES string of the molecule is CC(C)NC(=O)N1CC2CC1C1C(=O)NC(=O)N21. The van der Waals surface area contributed by atoms with Gasteiger partial charge in [-0.3, -0.25) is 10.1 Å². The average molecular weight is 252 g/mol. The van der Waals surface area contributed by atoms with Crippen molar-refractivity contribution in [2.24, 2.45) is 0 Å². The number of hydrogen-bond donors (Lipinski definition) is 2. The van der Waals surface area contributed by atoms with Crippen molar-refractivity contribution in [2.45, 2.75) is 44.4 Å². The van der Waals surface area contributed by atoms with Gasteiger partial charge in [0.2, 0.25) is 0 Å². The van der Waals surface area contributed by atoms with E-state index in [4.69, 9.17) is 0 Å². The first-order valence-corrected chi connectivity index (χ1v) is 6.19. The smallest absolute Gasteiger partial charge is 0.325 e. The minimum absolute atomic E-state index is 0.0237. The number of fused-ring (bicyclic) bond motifs is 5. The molecule has 98 valence electrons. The molecule has 3 unspecified atom stereocenters. The third kappa shape index (κ3) is 1.39. The molecule has 3 saturated heterocycles. The van der Waals surface area contributed by atoms with Crippen LogP contribution in [0.4, 0.5) is 9.59 Å². The molecule has 0 aromatic heterocycles. The van der Waals surface area contributed by atoms with Gasteiger partial charge in [-0.1, -0.05) is 0 Å². The zero-order chi connectivity index (χ0) is 13.0. The topological polar surface area (TPSA) is 81.8 Å². The Morgan fingerprint density at radius 3 is 2.83 bits per heavy atom. The van der Waals surface area contributed by atoms with Gasteiger partial charge in [0.15, 0.2) is 0 Å². The van der Waals surface area contributed by atoms with Gasteiger partial charge in [0.1, 0.15) is 6.04 Å². The molecule has 3 heterocycles. The van der Waals surface area contributed by atoms with Crippen molar-refractivity contribution in [1.29, 1.82) is 0 Å². The van der Waals surface area contributed by atoms with Gasteiger partial charge in [0.25, 0.3) is 5.91 Å². The highest BCUT2D eigenvalue weighted by molar-refractivity contribution is 6.05. The Kier molecular flexibility index (Phi) is 2.26. The third-order valence-electron chi connectivity index (χ3n) is 3.79. The number of carbonyl (C=O) groups is 3. The molecule has 3 aliphatic rings. The van der Waals surface area contributed by atoms with E-state index in [0.717, 1.165) is 0 Å². The van der Waals surface area contributed by atoms with Crippen LogP contribution in [0.1, 0.15) is 20.3 Å². The van der Waals surface area contributed by atoms with Crippen molar-refractivity contribution in [2.75, 3.05) is 6.54 Å². The Morgan fingerprint density at radius 2 is 2.17 bits per heavy atom. The molecule has 3 rings (SSSR count). The first kappa shape index (κ1) is 11.3. The second-order valence-corrected chi connectivity index (χ2v) is 5.36. The maximum absolute atomic E-state index is 12.0. The van der Waals surface area contributed by atoms with Crippen LogP contribution in [-0.4, -0.2) is 58.5 Å². The highest BCUT2D eigenvalue weighted by atomic mass is 16.2. The van der Waals surface area contributed by atoms with Crippen LogP contribution in [0.2, 0.25) is 0 Å². The number of rotatable bonds is 1. The summed E-state index contributed by atoms with van der Waals surface area (Å²) in [5.74, 6) is -0.283. The second-order valence-electron chi connectivity index (χ2n) is 5.36. The molecule has 0 radical (unpaired) electrons. The number of imide groups is 1. The summed E-state index contributed by atoms with van der Waals surface area (Å²) in [5.41, 5.74) is 0. The van der Waals surface area contributed by atoms with Gasteiger partial charge in [-0.2, -0.15) is 0 Å². The molecule has 3 fully saturated rings. The molecule has 0 saturated carbocycles. The van der Waals surface area contributed by atoms with Crippen LogP contribution < -0.4 is 10.6 Å². The summed E-state index contributed by atoms with van der Waals surface area (Å²) in [6.07, 6.45) is 0.704. The van der Waals surface area contributed by atoms with Gasteiger partial charge < -0.3 is 15.1 Å². The molecule has 18 heavy (non-hydrogen) atoms. The molecular formula is C11H16N4O3. The fraction of sp³-hybridized carbons (Fsp3) is 0.727. The maximum atomic E-state index is 12.0. The van der Waals surface area contributed by atoms with Crippen LogP contribution in [0.25, 0.3) is 0 Å². The largest absolute Gasteiger partial charge is 0.336 e. The van der Waals surface area contributed by atoms with E-state index < -0.39 is 6.04 Å². The number of amides is 5. The van der Waals surface area contributed by atoms with E-state index in [2.05, 4.69) is 10.6 Å². The molecule has 5 amide bonds. The minimum Gasteiger partial charge on any atom is -0.336 e. The van der Waals surface area contributed by atoms with E-state index in [9.17, 15) is 14.4 Å². The normalized spacial score (nSPS) is 33.2. The van der Waals surface area contributed by atoms with Crippen LogP contribution in [0.5, 0.6) is 0 Å². The summed E-state index contributed by atoms with van der Waals surface area (Å²) < 4.78 is 0. The van der Waals surface area contributed by atoms with Crippen molar-refractivity contribution >= 4 is 18.0 Å². The molecule has 0 aliphatic carbocycles. The quantitative estimate of drug-likeness (QED) is 0.616. The summed E-state index contributed by atoms with van der Waals surface area (Å²) in [6, 6.07) is -1.10. The molecule has 2 bridgehead atoms. The van der Waals surface area contributed by atoms with Gasteiger partial charge in [-0.25, -0.2) is 9.59 Å². The number of carbonyl (C=O) groups excluding carboxylic acids is 3. The number of nitrogens with one attached hydrogen (secondary N) is 2. The van der Waals surface area contributed by atoms with Crippen molar-refractivity contribution in [3.63, 3.8) is 0 Å². The number of likely N-dealkylation sites (tertiary alicyclic amines) is 1. The monoisotopic (exact) mass is 252 g/mol. The Bertz CT molecular complexity index is 436. The standard InChI is InChI=1S/C11H16N4O3/c1-5(2)12-10(17)14-4-6-3-7(14)8-9(16)13-11(18)15(6)8/h5-8H,3-4H2,1-2H3,(H,12,17)(H,13,16,18). The minimum atomic E-state index is -0.492. The molecule has 7 heteroatoms. The summed E-state index contributed by atoms with van der Waals surface area (Å²) in [6.45, 7) is 4.30. The van der Waals surface area contributed by atoms with E-state index in [-0.39, 0.29) is 36.1 Å². The lowest BCUT2D eigenvalue weighted by molar-refractivity contribution is -0.122. The Balaban J connectivity index is 1.79. The van der Waals surface area contributed by atoms with Crippen LogP contribution >= 0.6 is 0 Å². The lowest BCUT2D eigenvalue weighted by Crippen LogP contribution is -2.57. The van der Waals surface area contributed by atoms with Crippen molar-refractivity contribution in [1.82, 2.24) is 20.4 Å². The molecule has 3 atom stereocenters. The van der Waals surface area contributed by atoms with Gasteiger partial charge in [-0.05, 0) is 20.3 Å². The van der Waals surface area contributed by atoms with Gasteiger partial charge >= 0.3 is 12.1 Å². The molecule has 0 aromatic rings. The summed E-state index contributed by atoms with van der Waals surface area (Å²) >= 11 is 0. The average Bonchev–Trinajstić information content (AvgIpc) is 2.90. The summed E-state index contributed by atoms with van der Waals surface area (Å²) in [7, 11) is 0. The first-order valence-electron chi connectivity index (χ1n) is 6.19. The first-order chi connectivity index (χ1) is 8.49. The Hall–Kier alpha value is -1.79. The lowest BCUT2D eigenvalue weighted by Gasteiger charge is -2.35. The van der Waals surface area contributed by atoms with Gasteiger partial charge in [-0.15, -0.1) is 0 Å². The second kappa shape index (κ2) is 3.60. The van der Waals surface area contributed by atoms with Crippen LogP contribution in [0.3, 0.4) is 0 Å². The zero-order valence-corrected chi connectivity index (χ0v) is 10.3. The van der Waals surface area contributed by atoms with Crippen molar-refractivity contribution < 1.29 is 14.4 Å². The van der Waals surface area contributed by atoms with Crippen molar-refractivity contribution in [3.8, 4) is 0 Å². The molecule has 0 aromatic carbocycles. The third-order valence-corrected chi connectivity index (χ3v) is 3.79. The fourth-order valence-electron chi connectivity index (χ4n) is 3.16. The van der Waals surface area contributed by atoms with Gasteiger partial charge in [0.05, 0.1) is 12.1 Å². The lowest BCUT2D eigenvalue weighted by atomic mass is 10.1. The molecule has 7 nitrogen and oxygen atoms in total. The number of hydrogen-bond acceptors (Lipinski definition) is 3. The fourth-order valence-corrected chi connectivity index (χ4v) is 3.16. The van der Waals surface area contributed by atoms with Crippen LogP contribution in [0.15, 0.2) is 0 Å².